The lowest BCUT2D eigenvalue weighted by Gasteiger charge is -2.26. The van der Waals surface area contributed by atoms with Gasteiger partial charge in [0.15, 0.2) is 0 Å². The first-order valence-corrected chi connectivity index (χ1v) is 7.63. The van der Waals surface area contributed by atoms with Crippen molar-refractivity contribution < 1.29 is 9.94 Å². The van der Waals surface area contributed by atoms with E-state index in [0.717, 1.165) is 27.9 Å². The van der Waals surface area contributed by atoms with Crippen LogP contribution >= 0.6 is 0 Å². The molecule has 1 aliphatic carbocycles. The minimum atomic E-state index is 0.512. The van der Waals surface area contributed by atoms with E-state index >= 15 is 0 Å². The van der Waals surface area contributed by atoms with Gasteiger partial charge in [-0.15, -0.1) is 0 Å². The maximum atomic E-state index is 8.98. The van der Waals surface area contributed by atoms with Crippen molar-refractivity contribution in [3.05, 3.63) is 29.5 Å². The van der Waals surface area contributed by atoms with Crippen LogP contribution in [0.4, 0.5) is 0 Å². The summed E-state index contributed by atoms with van der Waals surface area (Å²) < 4.78 is 7.97. The number of oxime groups is 1. The summed E-state index contributed by atoms with van der Waals surface area (Å²) in [5, 5.41) is 13.3. The van der Waals surface area contributed by atoms with E-state index in [-0.39, 0.29) is 0 Å². The van der Waals surface area contributed by atoms with E-state index in [2.05, 4.69) is 22.7 Å². The maximum Gasteiger partial charge on any atom is 0.143 e. The summed E-state index contributed by atoms with van der Waals surface area (Å²) in [7, 11) is 1.71. The second-order valence-electron chi connectivity index (χ2n) is 5.76. The lowest BCUT2D eigenvalue weighted by atomic mass is 9.95. The highest BCUT2D eigenvalue weighted by Gasteiger charge is 2.23. The van der Waals surface area contributed by atoms with Gasteiger partial charge in [0, 0.05) is 22.7 Å². The topological polar surface area (TPSA) is 46.8 Å². The first-order valence-electron chi connectivity index (χ1n) is 7.63. The molecular weight excluding hydrogens is 264 g/mol. The molecule has 0 radical (unpaired) electrons. The number of benzene rings is 1. The molecule has 21 heavy (non-hydrogen) atoms. The van der Waals surface area contributed by atoms with Crippen molar-refractivity contribution in [2.75, 3.05) is 7.11 Å². The van der Waals surface area contributed by atoms with E-state index in [9.17, 15) is 0 Å². The van der Waals surface area contributed by atoms with Crippen molar-refractivity contribution in [2.24, 2.45) is 5.16 Å². The first kappa shape index (κ1) is 14.0. The van der Waals surface area contributed by atoms with Crippen LogP contribution in [0.3, 0.4) is 0 Å². The predicted molar refractivity (Wildman–Crippen MR) is 84.7 cm³/mol. The largest absolute Gasteiger partial charge is 0.495 e. The van der Waals surface area contributed by atoms with E-state index in [1.807, 2.05) is 12.1 Å². The summed E-state index contributed by atoms with van der Waals surface area (Å²) in [4.78, 5) is 0. The van der Waals surface area contributed by atoms with Crippen LogP contribution in [0.1, 0.15) is 49.4 Å². The lowest BCUT2D eigenvalue weighted by Crippen LogP contribution is -2.14. The predicted octanol–water partition coefficient (Wildman–Crippen LogP) is 4.27. The molecule has 1 heterocycles. The van der Waals surface area contributed by atoms with Crippen molar-refractivity contribution >= 4 is 17.1 Å². The summed E-state index contributed by atoms with van der Waals surface area (Å²) in [6.45, 7) is 2.10. The van der Waals surface area contributed by atoms with Crippen LogP contribution in [0.5, 0.6) is 5.75 Å². The highest BCUT2D eigenvalue weighted by molar-refractivity contribution is 6.03. The highest BCUT2D eigenvalue weighted by Crippen LogP contribution is 2.38. The third kappa shape index (κ3) is 2.28. The molecule has 112 valence electrons. The second kappa shape index (κ2) is 5.80. The monoisotopic (exact) mass is 286 g/mol. The SMILES string of the molecule is COc1cccc2c(C=NO)c(C)n(C3CCCCC3)c12. The van der Waals surface area contributed by atoms with Gasteiger partial charge in [-0.05, 0) is 25.8 Å². The Labute approximate surface area is 125 Å². The van der Waals surface area contributed by atoms with Crippen molar-refractivity contribution in [3.63, 3.8) is 0 Å². The van der Waals surface area contributed by atoms with E-state index in [0.29, 0.717) is 6.04 Å². The van der Waals surface area contributed by atoms with Crippen LogP contribution in [-0.4, -0.2) is 23.1 Å². The maximum absolute atomic E-state index is 8.98. The molecule has 1 aliphatic rings. The van der Waals surface area contributed by atoms with Crippen molar-refractivity contribution in [2.45, 2.75) is 45.1 Å². The fourth-order valence-electron chi connectivity index (χ4n) is 3.66. The molecule has 4 heteroatoms. The highest BCUT2D eigenvalue weighted by atomic mass is 16.5. The quantitative estimate of drug-likeness (QED) is 0.520. The minimum absolute atomic E-state index is 0.512. The molecule has 4 nitrogen and oxygen atoms in total. The molecule has 0 spiro atoms. The van der Waals surface area contributed by atoms with E-state index in [1.165, 1.54) is 38.3 Å². The van der Waals surface area contributed by atoms with Gasteiger partial charge in [0.1, 0.15) is 5.75 Å². The average Bonchev–Trinajstić information content (AvgIpc) is 2.81. The van der Waals surface area contributed by atoms with Gasteiger partial charge in [0.05, 0.1) is 18.8 Å². The van der Waals surface area contributed by atoms with Crippen LogP contribution in [0.15, 0.2) is 23.4 Å². The molecule has 0 bridgehead atoms. The fourth-order valence-corrected chi connectivity index (χ4v) is 3.66. The zero-order valence-electron chi connectivity index (χ0n) is 12.7. The van der Waals surface area contributed by atoms with E-state index in [1.54, 1.807) is 7.11 Å². The number of aromatic nitrogens is 1. The molecule has 1 fully saturated rings. The van der Waals surface area contributed by atoms with Crippen LogP contribution < -0.4 is 4.74 Å². The fraction of sp³-hybridized carbons (Fsp3) is 0.471. The molecule has 0 saturated heterocycles. The number of nitrogens with zero attached hydrogens (tertiary/aromatic N) is 2. The Morgan fingerprint density at radius 3 is 2.71 bits per heavy atom. The summed E-state index contributed by atoms with van der Waals surface area (Å²) in [5.41, 5.74) is 3.26. The Bertz CT molecular complexity index is 667. The molecule has 1 N–H and O–H groups in total. The van der Waals surface area contributed by atoms with Crippen LogP contribution in [0, 0.1) is 6.92 Å². The number of ether oxygens (including phenoxy) is 1. The summed E-state index contributed by atoms with van der Waals surface area (Å²) in [5.74, 6) is 0.888. The molecule has 2 aromatic rings. The molecule has 0 amide bonds. The molecule has 0 atom stereocenters. The van der Waals surface area contributed by atoms with Crippen molar-refractivity contribution in [1.82, 2.24) is 4.57 Å². The zero-order chi connectivity index (χ0) is 14.8. The molecule has 0 unspecified atom stereocenters. The van der Waals surface area contributed by atoms with Crippen molar-refractivity contribution in [1.29, 1.82) is 0 Å². The number of methoxy groups -OCH3 is 1. The molecule has 1 aromatic heterocycles. The number of para-hydroxylation sites is 1. The van der Waals surface area contributed by atoms with Crippen LogP contribution in [-0.2, 0) is 0 Å². The minimum Gasteiger partial charge on any atom is -0.495 e. The molecule has 3 rings (SSSR count). The van der Waals surface area contributed by atoms with E-state index < -0.39 is 0 Å². The molecular formula is C17H22N2O2. The van der Waals surface area contributed by atoms with Gasteiger partial charge in [0.2, 0.25) is 0 Å². The Morgan fingerprint density at radius 2 is 2.05 bits per heavy atom. The standard InChI is InChI=1S/C17H22N2O2/c1-12-15(11-18-20)14-9-6-10-16(21-2)17(14)19(12)13-7-4-3-5-8-13/h6,9-11,13,20H,3-5,7-8H2,1-2H3. The van der Waals surface area contributed by atoms with Gasteiger partial charge in [0.25, 0.3) is 0 Å². The molecule has 1 aromatic carbocycles. The summed E-state index contributed by atoms with van der Waals surface area (Å²) in [6, 6.07) is 6.57. The van der Waals surface area contributed by atoms with E-state index in [4.69, 9.17) is 9.94 Å². The van der Waals surface area contributed by atoms with Gasteiger partial charge < -0.3 is 14.5 Å². The Kier molecular flexibility index (Phi) is 3.86. The normalized spacial score (nSPS) is 16.9. The third-order valence-electron chi connectivity index (χ3n) is 4.63. The lowest BCUT2D eigenvalue weighted by molar-refractivity contribution is 0.321. The van der Waals surface area contributed by atoms with Crippen LogP contribution in [0.2, 0.25) is 0 Å². The van der Waals surface area contributed by atoms with Gasteiger partial charge in [-0.25, -0.2) is 0 Å². The van der Waals surface area contributed by atoms with Crippen molar-refractivity contribution in [3.8, 4) is 5.75 Å². The van der Waals surface area contributed by atoms with Gasteiger partial charge >= 0.3 is 0 Å². The van der Waals surface area contributed by atoms with Gasteiger partial charge in [-0.2, -0.15) is 0 Å². The first-order chi connectivity index (χ1) is 10.3. The Hall–Kier alpha value is -1.97. The molecule has 0 aliphatic heterocycles. The van der Waals surface area contributed by atoms with Crippen LogP contribution in [0.25, 0.3) is 10.9 Å². The smallest absolute Gasteiger partial charge is 0.143 e. The number of rotatable bonds is 3. The number of hydrogen-bond donors (Lipinski definition) is 1. The zero-order valence-corrected chi connectivity index (χ0v) is 12.7. The molecule has 1 saturated carbocycles. The Balaban J connectivity index is 2.27. The Morgan fingerprint density at radius 1 is 1.29 bits per heavy atom. The average molecular weight is 286 g/mol. The second-order valence-corrected chi connectivity index (χ2v) is 5.76. The summed E-state index contributed by atoms with van der Waals surface area (Å²) >= 11 is 0. The van der Waals surface area contributed by atoms with Gasteiger partial charge in [-0.1, -0.05) is 36.6 Å². The van der Waals surface area contributed by atoms with Gasteiger partial charge in [-0.3, -0.25) is 0 Å². The number of fused-ring (bicyclic) bond motifs is 1. The third-order valence-corrected chi connectivity index (χ3v) is 4.63. The summed E-state index contributed by atoms with van der Waals surface area (Å²) in [6.07, 6.45) is 7.84. The number of hydrogen-bond acceptors (Lipinski definition) is 3.